The normalized spacial score (nSPS) is 17.8. The lowest BCUT2D eigenvalue weighted by Crippen LogP contribution is -2.42. The van der Waals surface area contributed by atoms with Gasteiger partial charge >= 0.3 is 0 Å². The summed E-state index contributed by atoms with van der Waals surface area (Å²) in [5.74, 6) is 1.20. The third-order valence-corrected chi connectivity index (χ3v) is 4.32. The first-order valence-electron chi connectivity index (χ1n) is 8.07. The third-order valence-electron chi connectivity index (χ3n) is 4.10. The van der Waals surface area contributed by atoms with Crippen LogP contribution in [0.1, 0.15) is 31.9 Å². The zero-order valence-electron chi connectivity index (χ0n) is 14.4. The molecule has 0 spiro atoms. The van der Waals surface area contributed by atoms with Crippen LogP contribution >= 0.6 is 12.2 Å². The summed E-state index contributed by atoms with van der Waals surface area (Å²) in [6.45, 7) is 4.06. The molecule has 4 nitrogen and oxygen atoms in total. The van der Waals surface area contributed by atoms with Crippen LogP contribution in [0.5, 0.6) is 11.5 Å². The first kappa shape index (κ1) is 17.5. The van der Waals surface area contributed by atoms with Crippen molar-refractivity contribution in [2.75, 3.05) is 12.4 Å². The van der Waals surface area contributed by atoms with E-state index >= 15 is 0 Å². The molecule has 2 aromatic carbocycles. The molecule has 1 atom stereocenters. The molecule has 0 fully saturated rings. The van der Waals surface area contributed by atoms with Crippen molar-refractivity contribution in [1.29, 1.82) is 0 Å². The molecule has 2 aromatic rings. The van der Waals surface area contributed by atoms with Crippen LogP contribution in [0.3, 0.4) is 0 Å². The van der Waals surface area contributed by atoms with Gasteiger partial charge in [0.25, 0.3) is 0 Å². The van der Waals surface area contributed by atoms with Crippen molar-refractivity contribution in [3.63, 3.8) is 0 Å². The monoisotopic (exact) mass is 360 g/mol. The minimum Gasteiger partial charge on any atom is -0.497 e. The van der Waals surface area contributed by atoms with Crippen molar-refractivity contribution in [1.82, 2.24) is 5.32 Å². The number of ether oxygens (including phenoxy) is 2. The summed E-state index contributed by atoms with van der Waals surface area (Å²) in [6, 6.07) is 12.1. The zero-order chi connectivity index (χ0) is 18.0. The fraction of sp³-hybridized carbons (Fsp3) is 0.316. The van der Waals surface area contributed by atoms with Crippen LogP contribution in [0.4, 0.5) is 10.1 Å². The van der Waals surface area contributed by atoms with Crippen molar-refractivity contribution >= 4 is 23.0 Å². The molecular formula is C19H21FN2O2S. The van der Waals surface area contributed by atoms with Crippen LogP contribution in [0.2, 0.25) is 0 Å². The Kier molecular flexibility index (Phi) is 4.81. The number of fused-ring (bicyclic) bond motifs is 1. The number of methoxy groups -OCH3 is 1. The van der Waals surface area contributed by atoms with Gasteiger partial charge in [-0.1, -0.05) is 12.1 Å². The predicted molar refractivity (Wildman–Crippen MR) is 101 cm³/mol. The second kappa shape index (κ2) is 6.88. The second-order valence-corrected chi connectivity index (χ2v) is 7.01. The lowest BCUT2D eigenvalue weighted by molar-refractivity contribution is 0.0695. The van der Waals surface area contributed by atoms with E-state index in [4.69, 9.17) is 21.7 Å². The highest BCUT2D eigenvalue weighted by atomic mass is 32.1. The maximum atomic E-state index is 13.8. The molecule has 0 unspecified atom stereocenters. The fourth-order valence-electron chi connectivity index (χ4n) is 2.97. The standard InChI is InChI=1S/C19H21FN2O2S/c1-19(2)11-16(13-10-12(23-3)8-9-17(13)24-19)22-18(25)21-15-7-5-4-6-14(15)20/h4-10,16H,11H2,1-3H3,(H2,21,22,25)/t16-/m1/s1. The predicted octanol–water partition coefficient (Wildman–Crippen LogP) is 4.42. The number of para-hydroxylation sites is 1. The first-order chi connectivity index (χ1) is 11.9. The van der Waals surface area contributed by atoms with Crippen molar-refractivity contribution in [2.45, 2.75) is 31.9 Å². The van der Waals surface area contributed by atoms with E-state index in [2.05, 4.69) is 10.6 Å². The second-order valence-electron chi connectivity index (χ2n) is 6.60. The van der Waals surface area contributed by atoms with Crippen molar-refractivity contribution < 1.29 is 13.9 Å². The van der Waals surface area contributed by atoms with E-state index < -0.39 is 0 Å². The number of hydrogen-bond donors (Lipinski definition) is 2. The van der Waals surface area contributed by atoms with Gasteiger partial charge in [-0.05, 0) is 56.4 Å². The van der Waals surface area contributed by atoms with Gasteiger partial charge in [0, 0.05) is 12.0 Å². The van der Waals surface area contributed by atoms with Gasteiger partial charge in [0.15, 0.2) is 5.11 Å². The van der Waals surface area contributed by atoms with Gasteiger partial charge in [-0.3, -0.25) is 0 Å². The fourth-order valence-corrected chi connectivity index (χ4v) is 3.22. The maximum absolute atomic E-state index is 13.8. The lowest BCUT2D eigenvalue weighted by atomic mass is 9.89. The van der Waals surface area contributed by atoms with Gasteiger partial charge in [0.1, 0.15) is 22.9 Å². The number of benzene rings is 2. The largest absolute Gasteiger partial charge is 0.497 e. The maximum Gasteiger partial charge on any atom is 0.171 e. The molecule has 0 aromatic heterocycles. The molecule has 6 heteroatoms. The first-order valence-corrected chi connectivity index (χ1v) is 8.48. The molecule has 3 rings (SSSR count). The Morgan fingerprint density at radius 3 is 2.76 bits per heavy atom. The van der Waals surface area contributed by atoms with E-state index in [0.29, 0.717) is 17.2 Å². The SMILES string of the molecule is COc1ccc2c(c1)[C@H](NC(=S)Nc1ccccc1F)CC(C)(C)O2. The van der Waals surface area contributed by atoms with E-state index in [1.807, 2.05) is 32.0 Å². The van der Waals surface area contributed by atoms with Gasteiger partial charge in [0.2, 0.25) is 0 Å². The summed E-state index contributed by atoms with van der Waals surface area (Å²) >= 11 is 5.38. The molecule has 0 amide bonds. The van der Waals surface area contributed by atoms with Gasteiger partial charge in [-0.15, -0.1) is 0 Å². The van der Waals surface area contributed by atoms with Crippen LogP contribution < -0.4 is 20.1 Å². The molecular weight excluding hydrogens is 339 g/mol. The number of rotatable bonds is 3. The number of nitrogens with one attached hydrogen (secondary N) is 2. The molecule has 1 aliphatic rings. The Hall–Kier alpha value is -2.34. The summed E-state index contributed by atoms with van der Waals surface area (Å²) < 4.78 is 25.2. The highest BCUT2D eigenvalue weighted by Crippen LogP contribution is 2.41. The highest BCUT2D eigenvalue weighted by molar-refractivity contribution is 7.80. The average molecular weight is 360 g/mol. The Morgan fingerprint density at radius 1 is 1.28 bits per heavy atom. The van der Waals surface area contributed by atoms with Gasteiger partial charge in [0.05, 0.1) is 18.8 Å². The van der Waals surface area contributed by atoms with Crippen LogP contribution in [0.15, 0.2) is 42.5 Å². The van der Waals surface area contributed by atoms with Crippen LogP contribution in [0, 0.1) is 5.82 Å². The third kappa shape index (κ3) is 4.02. The van der Waals surface area contributed by atoms with E-state index in [-0.39, 0.29) is 17.5 Å². The Morgan fingerprint density at radius 2 is 2.04 bits per heavy atom. The molecule has 0 saturated carbocycles. The minimum atomic E-state index is -0.346. The summed E-state index contributed by atoms with van der Waals surface area (Å²) in [4.78, 5) is 0. The molecule has 2 N–H and O–H groups in total. The average Bonchev–Trinajstić information content (AvgIpc) is 2.55. The Labute approximate surface area is 152 Å². The summed E-state index contributed by atoms with van der Waals surface area (Å²) in [5.41, 5.74) is 0.973. The number of halogens is 1. The van der Waals surface area contributed by atoms with Gasteiger partial charge in [-0.25, -0.2) is 4.39 Å². The van der Waals surface area contributed by atoms with E-state index in [0.717, 1.165) is 17.1 Å². The van der Waals surface area contributed by atoms with Crippen LogP contribution in [0.25, 0.3) is 0 Å². The van der Waals surface area contributed by atoms with E-state index in [1.54, 1.807) is 25.3 Å². The van der Waals surface area contributed by atoms with Crippen molar-refractivity contribution in [2.24, 2.45) is 0 Å². The highest BCUT2D eigenvalue weighted by Gasteiger charge is 2.34. The molecule has 1 heterocycles. The number of anilines is 1. The lowest BCUT2D eigenvalue weighted by Gasteiger charge is -2.38. The topological polar surface area (TPSA) is 42.5 Å². The van der Waals surface area contributed by atoms with E-state index in [1.165, 1.54) is 6.07 Å². The van der Waals surface area contributed by atoms with Crippen molar-refractivity contribution in [3.8, 4) is 11.5 Å². The molecule has 1 aliphatic heterocycles. The molecule has 132 valence electrons. The molecule has 0 aliphatic carbocycles. The molecule has 25 heavy (non-hydrogen) atoms. The quantitative estimate of drug-likeness (QED) is 0.793. The Balaban J connectivity index is 1.82. The summed E-state index contributed by atoms with van der Waals surface area (Å²) in [6.07, 6.45) is 0.715. The van der Waals surface area contributed by atoms with Crippen LogP contribution in [-0.4, -0.2) is 17.8 Å². The van der Waals surface area contributed by atoms with Crippen LogP contribution in [-0.2, 0) is 0 Å². The van der Waals surface area contributed by atoms with Crippen molar-refractivity contribution in [3.05, 3.63) is 53.8 Å². The molecule has 0 radical (unpaired) electrons. The number of hydrogen-bond acceptors (Lipinski definition) is 3. The zero-order valence-corrected chi connectivity index (χ0v) is 15.2. The minimum absolute atomic E-state index is 0.0689. The molecule has 0 saturated heterocycles. The smallest absolute Gasteiger partial charge is 0.171 e. The number of thiocarbonyl (C=S) groups is 1. The summed E-state index contributed by atoms with van der Waals surface area (Å²) in [7, 11) is 1.63. The molecule has 0 bridgehead atoms. The Bertz CT molecular complexity index is 795. The summed E-state index contributed by atoms with van der Waals surface area (Å²) in [5, 5.41) is 6.56. The van der Waals surface area contributed by atoms with E-state index in [9.17, 15) is 4.39 Å². The van der Waals surface area contributed by atoms with Gasteiger partial charge in [-0.2, -0.15) is 0 Å². The van der Waals surface area contributed by atoms with Gasteiger partial charge < -0.3 is 20.1 Å².